The Morgan fingerprint density at radius 2 is 1.57 bits per heavy atom. The van der Waals surface area contributed by atoms with E-state index >= 15 is 0 Å². The van der Waals surface area contributed by atoms with E-state index in [0.717, 1.165) is 16.8 Å². The highest BCUT2D eigenvalue weighted by Gasteiger charge is 2.10. The van der Waals surface area contributed by atoms with Crippen molar-refractivity contribution in [2.45, 2.75) is 13.8 Å². The van der Waals surface area contributed by atoms with Crippen molar-refractivity contribution in [1.29, 1.82) is 0 Å². The Morgan fingerprint density at radius 3 is 2.25 bits per heavy atom. The Labute approximate surface area is 164 Å². The topological polar surface area (TPSA) is 72.5 Å². The van der Waals surface area contributed by atoms with Crippen molar-refractivity contribution >= 4 is 23.1 Å². The zero-order valence-electron chi connectivity index (χ0n) is 16.4. The van der Waals surface area contributed by atoms with Gasteiger partial charge in [0.15, 0.2) is 11.5 Å². The van der Waals surface area contributed by atoms with Crippen molar-refractivity contribution in [1.82, 2.24) is 4.98 Å². The molecule has 28 heavy (non-hydrogen) atoms. The molecular formula is C22H23N3O3. The van der Waals surface area contributed by atoms with Crippen LogP contribution in [0.4, 0.5) is 17.2 Å². The van der Waals surface area contributed by atoms with Crippen molar-refractivity contribution in [2.75, 3.05) is 24.9 Å². The minimum absolute atomic E-state index is 0.238. The van der Waals surface area contributed by atoms with Gasteiger partial charge in [0.05, 0.1) is 14.2 Å². The maximum atomic E-state index is 12.6. The lowest BCUT2D eigenvalue weighted by molar-refractivity contribution is 0.102. The number of pyridine rings is 1. The first-order valence-corrected chi connectivity index (χ1v) is 8.83. The largest absolute Gasteiger partial charge is 0.493 e. The Bertz CT molecular complexity index is 982. The van der Waals surface area contributed by atoms with Crippen LogP contribution in [-0.2, 0) is 0 Å². The summed E-state index contributed by atoms with van der Waals surface area (Å²) in [5, 5.41) is 6.11. The first-order chi connectivity index (χ1) is 13.5. The molecule has 0 aliphatic heterocycles. The number of amides is 1. The van der Waals surface area contributed by atoms with Gasteiger partial charge in [0.1, 0.15) is 5.82 Å². The maximum absolute atomic E-state index is 12.6. The van der Waals surface area contributed by atoms with Crippen LogP contribution in [0.3, 0.4) is 0 Å². The van der Waals surface area contributed by atoms with Crippen LogP contribution in [0.2, 0.25) is 0 Å². The number of hydrogen-bond acceptors (Lipinski definition) is 5. The number of aromatic nitrogens is 1. The smallest absolute Gasteiger partial charge is 0.255 e. The fraction of sp³-hybridized carbons (Fsp3) is 0.182. The molecule has 2 N–H and O–H groups in total. The fourth-order valence-corrected chi connectivity index (χ4v) is 2.95. The predicted octanol–water partition coefficient (Wildman–Crippen LogP) is 4.71. The number of methoxy groups -OCH3 is 2. The van der Waals surface area contributed by atoms with E-state index in [4.69, 9.17) is 9.47 Å². The van der Waals surface area contributed by atoms with Crippen molar-refractivity contribution in [3.63, 3.8) is 0 Å². The van der Waals surface area contributed by atoms with Gasteiger partial charge in [-0.1, -0.05) is 6.07 Å². The molecule has 0 atom stereocenters. The quantitative estimate of drug-likeness (QED) is 0.651. The molecule has 3 aromatic rings. The van der Waals surface area contributed by atoms with E-state index in [0.29, 0.717) is 28.6 Å². The zero-order chi connectivity index (χ0) is 20.1. The third kappa shape index (κ3) is 4.59. The van der Waals surface area contributed by atoms with Crippen molar-refractivity contribution in [2.24, 2.45) is 0 Å². The summed E-state index contributed by atoms with van der Waals surface area (Å²) >= 11 is 0. The first-order valence-electron chi connectivity index (χ1n) is 8.83. The molecule has 0 bridgehead atoms. The number of hydrogen-bond donors (Lipinski definition) is 2. The average Bonchev–Trinajstić information content (AvgIpc) is 2.67. The van der Waals surface area contributed by atoms with Gasteiger partial charge in [0, 0.05) is 29.2 Å². The average molecular weight is 377 g/mol. The lowest BCUT2D eigenvalue weighted by Crippen LogP contribution is -2.12. The monoisotopic (exact) mass is 377 g/mol. The number of carbonyl (C=O) groups is 1. The minimum Gasteiger partial charge on any atom is -0.493 e. The molecule has 0 spiro atoms. The predicted molar refractivity (Wildman–Crippen MR) is 111 cm³/mol. The summed E-state index contributed by atoms with van der Waals surface area (Å²) in [6.07, 6.45) is 1.61. The van der Waals surface area contributed by atoms with E-state index < -0.39 is 0 Å². The second-order valence-electron chi connectivity index (χ2n) is 6.46. The molecular weight excluding hydrogens is 354 g/mol. The normalized spacial score (nSPS) is 10.3. The summed E-state index contributed by atoms with van der Waals surface area (Å²) in [6, 6.07) is 14.8. The van der Waals surface area contributed by atoms with Crippen LogP contribution in [0.1, 0.15) is 21.5 Å². The highest BCUT2D eigenvalue weighted by molar-refractivity contribution is 6.04. The van der Waals surface area contributed by atoms with Crippen molar-refractivity contribution in [3.05, 3.63) is 71.4 Å². The summed E-state index contributed by atoms with van der Waals surface area (Å²) in [7, 11) is 3.12. The van der Waals surface area contributed by atoms with Gasteiger partial charge in [-0.15, -0.1) is 0 Å². The Kier molecular flexibility index (Phi) is 5.79. The highest BCUT2D eigenvalue weighted by atomic mass is 16.5. The first kappa shape index (κ1) is 19.2. The molecule has 3 rings (SSSR count). The molecule has 144 valence electrons. The van der Waals surface area contributed by atoms with Gasteiger partial charge in [-0.2, -0.15) is 0 Å². The molecule has 0 radical (unpaired) electrons. The van der Waals surface area contributed by atoms with Gasteiger partial charge in [-0.3, -0.25) is 4.79 Å². The van der Waals surface area contributed by atoms with Crippen LogP contribution in [0.25, 0.3) is 0 Å². The van der Waals surface area contributed by atoms with E-state index in [9.17, 15) is 4.79 Å². The Balaban J connectivity index is 1.77. The van der Waals surface area contributed by atoms with Crippen LogP contribution in [0.5, 0.6) is 11.5 Å². The standard InChI is InChI=1S/C22H23N3O3/c1-14-9-15(2)11-18(10-14)24-21-12-16(7-8-23-21)22(26)25-17-5-6-19(27-3)20(13-17)28-4/h5-13H,1-4H3,(H,23,24)(H,25,26). The number of ether oxygens (including phenoxy) is 2. The van der Waals surface area contributed by atoms with E-state index in [-0.39, 0.29) is 5.91 Å². The summed E-state index contributed by atoms with van der Waals surface area (Å²) in [6.45, 7) is 4.08. The van der Waals surface area contributed by atoms with Gasteiger partial charge in [-0.25, -0.2) is 4.98 Å². The van der Waals surface area contributed by atoms with E-state index in [1.54, 1.807) is 50.7 Å². The third-order valence-corrected chi connectivity index (χ3v) is 4.16. The van der Waals surface area contributed by atoms with E-state index in [1.807, 2.05) is 26.0 Å². The molecule has 0 aliphatic rings. The van der Waals surface area contributed by atoms with Crippen LogP contribution in [0, 0.1) is 13.8 Å². The number of aryl methyl sites for hydroxylation is 2. The molecule has 1 heterocycles. The third-order valence-electron chi connectivity index (χ3n) is 4.16. The molecule has 6 nitrogen and oxygen atoms in total. The molecule has 0 fully saturated rings. The number of anilines is 3. The van der Waals surface area contributed by atoms with Gasteiger partial charge in [-0.05, 0) is 61.4 Å². The van der Waals surface area contributed by atoms with Gasteiger partial charge < -0.3 is 20.1 Å². The summed E-state index contributed by atoms with van der Waals surface area (Å²) in [4.78, 5) is 16.9. The lowest BCUT2D eigenvalue weighted by atomic mass is 10.1. The molecule has 0 unspecified atom stereocenters. The van der Waals surface area contributed by atoms with Crippen LogP contribution in [-0.4, -0.2) is 25.1 Å². The van der Waals surface area contributed by atoms with E-state index in [1.165, 1.54) is 0 Å². The molecule has 0 saturated heterocycles. The Hall–Kier alpha value is -3.54. The van der Waals surface area contributed by atoms with Crippen molar-refractivity contribution in [3.8, 4) is 11.5 Å². The molecule has 6 heteroatoms. The minimum atomic E-state index is -0.238. The van der Waals surface area contributed by atoms with Crippen LogP contribution >= 0.6 is 0 Å². The lowest BCUT2D eigenvalue weighted by Gasteiger charge is -2.11. The van der Waals surface area contributed by atoms with Gasteiger partial charge in [0.2, 0.25) is 0 Å². The molecule has 0 saturated carbocycles. The summed E-state index contributed by atoms with van der Waals surface area (Å²) in [5.74, 6) is 1.51. The number of carbonyl (C=O) groups excluding carboxylic acids is 1. The van der Waals surface area contributed by atoms with E-state index in [2.05, 4.69) is 21.7 Å². The number of rotatable bonds is 6. The maximum Gasteiger partial charge on any atom is 0.255 e. The second-order valence-corrected chi connectivity index (χ2v) is 6.46. The number of benzene rings is 2. The highest BCUT2D eigenvalue weighted by Crippen LogP contribution is 2.30. The molecule has 2 aromatic carbocycles. The van der Waals surface area contributed by atoms with Gasteiger partial charge >= 0.3 is 0 Å². The van der Waals surface area contributed by atoms with Crippen LogP contribution in [0.15, 0.2) is 54.7 Å². The zero-order valence-corrected chi connectivity index (χ0v) is 16.4. The van der Waals surface area contributed by atoms with Crippen molar-refractivity contribution < 1.29 is 14.3 Å². The Morgan fingerprint density at radius 1 is 0.857 bits per heavy atom. The molecule has 1 aromatic heterocycles. The summed E-state index contributed by atoms with van der Waals surface area (Å²) < 4.78 is 10.5. The fourth-order valence-electron chi connectivity index (χ4n) is 2.95. The molecule has 1 amide bonds. The summed E-state index contributed by atoms with van der Waals surface area (Å²) in [5.41, 5.74) is 4.36. The number of nitrogens with one attached hydrogen (secondary N) is 2. The SMILES string of the molecule is COc1ccc(NC(=O)c2ccnc(Nc3cc(C)cc(C)c3)c2)cc1OC. The second kappa shape index (κ2) is 8.43. The van der Waals surface area contributed by atoms with Crippen LogP contribution < -0.4 is 20.1 Å². The number of nitrogens with zero attached hydrogens (tertiary/aromatic N) is 1. The molecule has 0 aliphatic carbocycles. The van der Waals surface area contributed by atoms with Gasteiger partial charge in [0.25, 0.3) is 5.91 Å².